The molecule has 0 amide bonds. The van der Waals surface area contributed by atoms with Crippen molar-refractivity contribution in [2.24, 2.45) is 15.9 Å². The number of rotatable bonds is 4. The van der Waals surface area contributed by atoms with Crippen LogP contribution < -0.4 is 5.73 Å². The van der Waals surface area contributed by atoms with E-state index in [2.05, 4.69) is 10.2 Å². The SMILES string of the molecule is NC(=NN=Cc1cc(F)c(F)c(F)c1)SCc1ccccc1. The molecule has 0 aromatic heterocycles. The number of benzene rings is 2. The Morgan fingerprint density at radius 3 is 2.36 bits per heavy atom. The highest BCUT2D eigenvalue weighted by molar-refractivity contribution is 8.13. The molecule has 0 saturated heterocycles. The lowest BCUT2D eigenvalue weighted by Gasteiger charge is -1.99. The molecule has 114 valence electrons. The molecule has 0 spiro atoms. The number of nitrogens with two attached hydrogens (primary N) is 1. The second-order valence-electron chi connectivity index (χ2n) is 4.26. The molecule has 2 aromatic rings. The van der Waals surface area contributed by atoms with E-state index in [1.807, 2.05) is 30.3 Å². The molecule has 0 aliphatic rings. The van der Waals surface area contributed by atoms with Gasteiger partial charge >= 0.3 is 0 Å². The maximum Gasteiger partial charge on any atom is 0.194 e. The molecule has 2 aromatic carbocycles. The van der Waals surface area contributed by atoms with Crippen LogP contribution in [0.15, 0.2) is 52.7 Å². The van der Waals surface area contributed by atoms with E-state index in [0.717, 1.165) is 23.9 Å². The molecular weight excluding hydrogens is 311 g/mol. The predicted octanol–water partition coefficient (Wildman–Crippen LogP) is 3.69. The van der Waals surface area contributed by atoms with Gasteiger partial charge in [-0.1, -0.05) is 42.1 Å². The van der Waals surface area contributed by atoms with Gasteiger partial charge in [-0.3, -0.25) is 0 Å². The van der Waals surface area contributed by atoms with Crippen molar-refractivity contribution in [3.05, 3.63) is 71.0 Å². The van der Waals surface area contributed by atoms with Crippen molar-refractivity contribution >= 4 is 23.1 Å². The Bertz CT molecular complexity index is 679. The molecule has 2 rings (SSSR count). The first-order valence-electron chi connectivity index (χ1n) is 6.24. The van der Waals surface area contributed by atoms with E-state index in [9.17, 15) is 13.2 Å². The fourth-order valence-electron chi connectivity index (χ4n) is 1.56. The van der Waals surface area contributed by atoms with Crippen LogP contribution in [-0.2, 0) is 5.75 Å². The number of nitrogens with zero attached hydrogens (tertiary/aromatic N) is 2. The highest BCUT2D eigenvalue weighted by Gasteiger charge is 2.09. The predicted molar refractivity (Wildman–Crippen MR) is 83.3 cm³/mol. The Labute approximate surface area is 129 Å². The topological polar surface area (TPSA) is 50.7 Å². The van der Waals surface area contributed by atoms with Gasteiger partial charge in [-0.2, -0.15) is 5.10 Å². The Morgan fingerprint density at radius 1 is 1.09 bits per heavy atom. The monoisotopic (exact) mass is 323 g/mol. The van der Waals surface area contributed by atoms with Crippen LogP contribution in [0, 0.1) is 17.5 Å². The average molecular weight is 323 g/mol. The van der Waals surface area contributed by atoms with E-state index in [-0.39, 0.29) is 10.7 Å². The third kappa shape index (κ3) is 4.63. The van der Waals surface area contributed by atoms with Gasteiger partial charge in [0.05, 0.1) is 6.21 Å². The standard InChI is InChI=1S/C15H12F3N3S/c16-12-6-11(7-13(17)14(12)18)8-20-21-15(19)22-9-10-4-2-1-3-5-10/h1-8H,9H2,(H2,19,21). The van der Waals surface area contributed by atoms with Gasteiger partial charge in [0, 0.05) is 11.3 Å². The van der Waals surface area contributed by atoms with Crippen molar-refractivity contribution in [3.63, 3.8) is 0 Å². The maximum atomic E-state index is 13.0. The fraction of sp³-hybridized carbons (Fsp3) is 0.0667. The summed E-state index contributed by atoms with van der Waals surface area (Å²) in [4.78, 5) is 0. The zero-order chi connectivity index (χ0) is 15.9. The molecule has 0 aliphatic heterocycles. The molecule has 3 nitrogen and oxygen atoms in total. The first-order chi connectivity index (χ1) is 10.6. The summed E-state index contributed by atoms with van der Waals surface area (Å²) < 4.78 is 38.8. The van der Waals surface area contributed by atoms with Crippen molar-refractivity contribution < 1.29 is 13.2 Å². The molecule has 22 heavy (non-hydrogen) atoms. The summed E-state index contributed by atoms with van der Waals surface area (Å²) in [6.07, 6.45) is 1.10. The Hall–Kier alpha value is -2.28. The summed E-state index contributed by atoms with van der Waals surface area (Å²) in [6.45, 7) is 0. The Morgan fingerprint density at radius 2 is 1.73 bits per heavy atom. The summed E-state index contributed by atoms with van der Waals surface area (Å²) in [5.41, 5.74) is 6.80. The molecule has 0 atom stereocenters. The average Bonchev–Trinajstić information content (AvgIpc) is 2.51. The lowest BCUT2D eigenvalue weighted by molar-refractivity contribution is 0.447. The van der Waals surface area contributed by atoms with Gasteiger partial charge in [0.25, 0.3) is 0 Å². The van der Waals surface area contributed by atoms with Gasteiger partial charge < -0.3 is 5.73 Å². The van der Waals surface area contributed by atoms with Crippen molar-refractivity contribution in [2.75, 3.05) is 0 Å². The van der Waals surface area contributed by atoms with Gasteiger partial charge in [0.15, 0.2) is 22.6 Å². The Kier molecular flexibility index (Phi) is 5.60. The van der Waals surface area contributed by atoms with Gasteiger partial charge in [-0.05, 0) is 17.7 Å². The van der Waals surface area contributed by atoms with Crippen molar-refractivity contribution in [2.45, 2.75) is 5.75 Å². The number of thioether (sulfide) groups is 1. The second kappa shape index (κ2) is 7.65. The van der Waals surface area contributed by atoms with Crippen LogP contribution >= 0.6 is 11.8 Å². The van der Waals surface area contributed by atoms with E-state index in [1.165, 1.54) is 11.8 Å². The number of amidine groups is 1. The molecule has 0 bridgehead atoms. The lowest BCUT2D eigenvalue weighted by atomic mass is 10.2. The molecular formula is C15H12F3N3S. The number of halogens is 3. The quantitative estimate of drug-likeness (QED) is 0.404. The normalized spacial score (nSPS) is 12.0. The van der Waals surface area contributed by atoms with Crippen LogP contribution in [0.3, 0.4) is 0 Å². The Balaban J connectivity index is 1.95. The number of hydrogen-bond donors (Lipinski definition) is 1. The summed E-state index contributed by atoms with van der Waals surface area (Å²) in [5, 5.41) is 7.54. The number of hydrogen-bond acceptors (Lipinski definition) is 3. The van der Waals surface area contributed by atoms with Crippen LogP contribution in [0.4, 0.5) is 13.2 Å². The van der Waals surface area contributed by atoms with Crippen LogP contribution in [0.5, 0.6) is 0 Å². The van der Waals surface area contributed by atoms with Crippen LogP contribution in [-0.4, -0.2) is 11.4 Å². The minimum Gasteiger partial charge on any atom is -0.377 e. The van der Waals surface area contributed by atoms with Gasteiger partial charge in [0.1, 0.15) is 0 Å². The van der Waals surface area contributed by atoms with Crippen LogP contribution in [0.25, 0.3) is 0 Å². The van der Waals surface area contributed by atoms with Crippen molar-refractivity contribution in [3.8, 4) is 0 Å². The molecule has 0 aliphatic carbocycles. The van der Waals surface area contributed by atoms with E-state index < -0.39 is 17.5 Å². The zero-order valence-corrected chi connectivity index (χ0v) is 12.2. The van der Waals surface area contributed by atoms with Crippen LogP contribution in [0.2, 0.25) is 0 Å². The molecule has 7 heteroatoms. The first kappa shape index (κ1) is 16.1. The second-order valence-corrected chi connectivity index (χ2v) is 5.25. The molecule has 0 radical (unpaired) electrons. The zero-order valence-electron chi connectivity index (χ0n) is 11.3. The lowest BCUT2D eigenvalue weighted by Crippen LogP contribution is -2.06. The molecule has 2 N–H and O–H groups in total. The van der Waals surface area contributed by atoms with E-state index in [4.69, 9.17) is 5.73 Å². The smallest absolute Gasteiger partial charge is 0.194 e. The third-order valence-corrected chi connectivity index (χ3v) is 3.45. The van der Waals surface area contributed by atoms with Crippen molar-refractivity contribution in [1.29, 1.82) is 0 Å². The van der Waals surface area contributed by atoms with E-state index >= 15 is 0 Å². The van der Waals surface area contributed by atoms with E-state index in [1.54, 1.807) is 0 Å². The summed E-state index contributed by atoms with van der Waals surface area (Å²) in [7, 11) is 0. The summed E-state index contributed by atoms with van der Waals surface area (Å²) >= 11 is 1.28. The van der Waals surface area contributed by atoms with Gasteiger partial charge in [0.2, 0.25) is 0 Å². The summed E-state index contributed by atoms with van der Waals surface area (Å²) in [5.74, 6) is -3.45. The molecule has 0 unspecified atom stereocenters. The van der Waals surface area contributed by atoms with Gasteiger partial charge in [-0.25, -0.2) is 13.2 Å². The first-order valence-corrected chi connectivity index (χ1v) is 7.22. The molecule has 0 heterocycles. The summed E-state index contributed by atoms with van der Waals surface area (Å²) in [6, 6.07) is 11.3. The van der Waals surface area contributed by atoms with E-state index in [0.29, 0.717) is 5.75 Å². The highest BCUT2D eigenvalue weighted by atomic mass is 32.2. The van der Waals surface area contributed by atoms with Crippen LogP contribution in [0.1, 0.15) is 11.1 Å². The van der Waals surface area contributed by atoms with Crippen molar-refractivity contribution in [1.82, 2.24) is 0 Å². The van der Waals surface area contributed by atoms with Gasteiger partial charge in [-0.15, -0.1) is 5.10 Å². The minimum absolute atomic E-state index is 0.0565. The third-order valence-electron chi connectivity index (χ3n) is 2.60. The minimum atomic E-state index is -1.52. The maximum absolute atomic E-state index is 13.0. The fourth-order valence-corrected chi connectivity index (χ4v) is 2.17. The largest absolute Gasteiger partial charge is 0.377 e. The molecule has 0 fully saturated rings. The highest BCUT2D eigenvalue weighted by Crippen LogP contribution is 2.13. The molecule has 0 saturated carbocycles.